The predicted octanol–water partition coefficient (Wildman–Crippen LogP) is 8.82. The van der Waals surface area contributed by atoms with E-state index in [2.05, 4.69) is 96.9 Å². The van der Waals surface area contributed by atoms with Crippen LogP contribution in [0.3, 0.4) is 0 Å². The molecule has 0 bridgehead atoms. The molecule has 0 unspecified atom stereocenters. The van der Waals surface area contributed by atoms with Crippen molar-refractivity contribution in [3.8, 4) is 11.1 Å². The maximum Gasteiger partial charge on any atom is 0.188 e. The lowest BCUT2D eigenvalue weighted by Crippen LogP contribution is -2.22. The Morgan fingerprint density at radius 2 is 1.21 bits per heavy atom. The summed E-state index contributed by atoms with van der Waals surface area (Å²) in [7, 11) is -2.31. The maximum absolute atomic E-state index is 13.0. The molecule has 7 aromatic rings. The fourth-order valence-corrected chi connectivity index (χ4v) is 7.85. The number of aromatic amines is 2. The zero-order chi connectivity index (χ0) is 40.6. The number of rotatable bonds is 17. The van der Waals surface area contributed by atoms with Crippen molar-refractivity contribution in [2.24, 2.45) is 0 Å². The summed E-state index contributed by atoms with van der Waals surface area (Å²) < 4.78 is 16.3. The van der Waals surface area contributed by atoms with Crippen molar-refractivity contribution in [2.45, 2.75) is 77.7 Å². The molecule has 0 atom stereocenters. The average molecular weight is 869 g/mol. The number of hydrogen-bond acceptors (Lipinski definition) is 9. The Morgan fingerprint density at radius 3 is 1.68 bits per heavy atom. The Bertz CT molecular complexity index is 2400. The minimum absolute atomic E-state index is 0.0282. The van der Waals surface area contributed by atoms with E-state index in [9.17, 15) is 9.59 Å². The molecular weight excluding hydrogens is 819 g/mol. The highest BCUT2D eigenvalue weighted by molar-refractivity contribution is 9.10. The second-order valence-corrected chi connectivity index (χ2v) is 28.6. The first kappa shape index (κ1) is 41.7. The zero-order valence-corrected chi connectivity index (χ0v) is 37.0. The third-order valence-corrected chi connectivity index (χ3v) is 13.1. The number of H-pyrrole nitrogens is 2. The topological polar surface area (TPSA) is 158 Å². The van der Waals surface area contributed by atoms with Crippen molar-refractivity contribution in [3.63, 3.8) is 0 Å². The van der Waals surface area contributed by atoms with E-state index in [1.165, 1.54) is 0 Å². The van der Waals surface area contributed by atoms with Crippen molar-refractivity contribution in [3.05, 3.63) is 113 Å². The zero-order valence-electron chi connectivity index (χ0n) is 33.4. The number of Topliss-reactive ketones (excluding diaryl/α,β-unsaturated/α-hetero) is 2. The van der Waals surface area contributed by atoms with Crippen LogP contribution in [-0.2, 0) is 35.8 Å². The van der Waals surface area contributed by atoms with Gasteiger partial charge in [-0.25, -0.2) is 9.36 Å². The molecule has 0 aliphatic carbocycles. The first-order valence-corrected chi connectivity index (χ1v) is 27.2. The molecule has 57 heavy (non-hydrogen) atoms. The number of hydrogen-bond donors (Lipinski definition) is 2. The van der Waals surface area contributed by atoms with Gasteiger partial charge in [-0.05, 0) is 65.2 Å². The number of nitrogens with one attached hydrogen (secondary N) is 2. The summed E-state index contributed by atoms with van der Waals surface area (Å²) in [5.74, 6) is -0.0686. The smallest absolute Gasteiger partial charge is 0.188 e. The van der Waals surface area contributed by atoms with E-state index in [-0.39, 0.29) is 24.4 Å². The number of carbonyl (C=O) groups excluding carboxylic acids is 2. The van der Waals surface area contributed by atoms with Crippen LogP contribution in [0, 0.1) is 0 Å². The summed E-state index contributed by atoms with van der Waals surface area (Å²) in [6.45, 7) is 16.0. The molecule has 298 valence electrons. The standard InChI is InChI=1S/C23H27N5O2Si.C18H23BrN4O2Si/c1-31(2,3)10-9-30-16-28-21-12-18(19-5-4-8-24-15-19)6-7-20(21)23(27-28)22(29)11-17-13-25-26-14-17;1-26(2,3)7-6-25-12-23-16-9-14(19)4-5-15(16)18(22-23)17(24)8-13-10-20-21-11-13/h4-8,12-15H,9-11,16H2,1-3H3,(H,25,26);4-5,9-11H,6-8,12H2,1-3H3,(H,20,21). The van der Waals surface area contributed by atoms with Crippen molar-refractivity contribution in [2.75, 3.05) is 13.2 Å². The molecule has 2 aromatic carbocycles. The molecule has 5 aromatic heterocycles. The van der Waals surface area contributed by atoms with Gasteiger partial charge in [-0.2, -0.15) is 20.4 Å². The highest BCUT2D eigenvalue weighted by Crippen LogP contribution is 2.28. The van der Waals surface area contributed by atoms with E-state index in [1.807, 2.05) is 48.7 Å². The van der Waals surface area contributed by atoms with Crippen molar-refractivity contribution >= 4 is 65.5 Å². The highest BCUT2D eigenvalue weighted by atomic mass is 79.9. The van der Waals surface area contributed by atoms with Gasteiger partial charge in [0.2, 0.25) is 0 Å². The van der Waals surface area contributed by atoms with Gasteiger partial charge in [0.25, 0.3) is 0 Å². The molecule has 0 saturated carbocycles. The van der Waals surface area contributed by atoms with Crippen molar-refractivity contribution in [1.29, 1.82) is 0 Å². The van der Waals surface area contributed by atoms with Crippen LogP contribution in [-0.4, -0.2) is 85.9 Å². The van der Waals surface area contributed by atoms with E-state index in [1.54, 1.807) is 40.3 Å². The number of carbonyl (C=O) groups is 2. The van der Waals surface area contributed by atoms with E-state index in [0.717, 1.165) is 60.6 Å². The van der Waals surface area contributed by atoms with Gasteiger partial charge in [0.1, 0.15) is 24.8 Å². The molecule has 13 nitrogen and oxygen atoms in total. The summed E-state index contributed by atoms with van der Waals surface area (Å²) in [6.07, 6.45) is 10.9. The number of aromatic nitrogens is 9. The number of halogens is 1. The van der Waals surface area contributed by atoms with Gasteiger partial charge < -0.3 is 9.47 Å². The number of benzene rings is 2. The van der Waals surface area contributed by atoms with Crippen LogP contribution in [0.4, 0.5) is 0 Å². The average Bonchev–Trinajstić information content (AvgIpc) is 4.00. The minimum atomic E-state index is -1.18. The molecule has 16 heteroatoms. The molecule has 5 heterocycles. The van der Waals surface area contributed by atoms with Crippen LogP contribution in [0.1, 0.15) is 32.1 Å². The minimum Gasteiger partial charge on any atom is -0.360 e. The number of ether oxygens (including phenoxy) is 2. The number of pyridine rings is 1. The van der Waals surface area contributed by atoms with E-state index in [4.69, 9.17) is 9.47 Å². The van der Waals surface area contributed by atoms with Gasteiger partial charge in [-0.1, -0.05) is 67.3 Å². The first-order valence-electron chi connectivity index (χ1n) is 19.0. The third kappa shape index (κ3) is 11.6. The molecular formula is C41H50BrN9O4Si2. The monoisotopic (exact) mass is 867 g/mol. The SMILES string of the molecule is C[Si](C)(C)CCOCn1nc(C(=O)Cc2cn[nH]c2)c2ccc(-c3cccnc3)cc21.C[Si](C)(C)CCOCn1nc(C(=O)Cc2cn[nH]c2)c2ccc(Br)cc21. The Hall–Kier alpha value is -4.88. The summed E-state index contributed by atoms with van der Waals surface area (Å²) in [5, 5.41) is 24.2. The second-order valence-electron chi connectivity index (χ2n) is 16.4. The van der Waals surface area contributed by atoms with Gasteiger partial charge >= 0.3 is 0 Å². The highest BCUT2D eigenvalue weighted by Gasteiger charge is 2.21. The van der Waals surface area contributed by atoms with Crippen LogP contribution < -0.4 is 0 Å². The van der Waals surface area contributed by atoms with Gasteiger partial charge in [0, 0.05) is 87.8 Å². The summed E-state index contributed by atoms with van der Waals surface area (Å²) in [4.78, 5) is 29.9. The van der Waals surface area contributed by atoms with Gasteiger partial charge in [-0.15, -0.1) is 0 Å². The molecule has 0 aliphatic heterocycles. The Labute approximate surface area is 342 Å². The van der Waals surface area contributed by atoms with Gasteiger partial charge in [0.05, 0.1) is 23.4 Å². The van der Waals surface area contributed by atoms with Gasteiger partial charge in [-0.3, -0.25) is 24.8 Å². The largest absolute Gasteiger partial charge is 0.360 e. The predicted molar refractivity (Wildman–Crippen MR) is 232 cm³/mol. The summed E-state index contributed by atoms with van der Waals surface area (Å²) in [5.41, 5.74) is 6.44. The van der Waals surface area contributed by atoms with Crippen LogP contribution in [0.15, 0.2) is 90.2 Å². The molecule has 0 fully saturated rings. The second kappa shape index (κ2) is 18.6. The fourth-order valence-electron chi connectivity index (χ4n) is 5.99. The fraction of sp³-hybridized carbons (Fsp3) is 0.341. The van der Waals surface area contributed by atoms with Crippen LogP contribution in [0.25, 0.3) is 32.9 Å². The first-order chi connectivity index (χ1) is 27.2. The quantitative estimate of drug-likeness (QED) is 0.0518. The summed E-state index contributed by atoms with van der Waals surface area (Å²) in [6, 6.07) is 18.0. The van der Waals surface area contributed by atoms with Crippen molar-refractivity contribution < 1.29 is 19.1 Å². The molecule has 0 radical (unpaired) electrons. The number of ketones is 2. The summed E-state index contributed by atoms with van der Waals surface area (Å²) >= 11 is 3.50. The van der Waals surface area contributed by atoms with E-state index >= 15 is 0 Å². The van der Waals surface area contributed by atoms with Crippen LogP contribution in [0.2, 0.25) is 51.4 Å². The number of nitrogens with zero attached hydrogens (tertiary/aromatic N) is 7. The number of fused-ring (bicyclic) bond motifs is 2. The molecule has 0 saturated heterocycles. The van der Waals surface area contributed by atoms with E-state index in [0.29, 0.717) is 38.1 Å². The molecule has 0 aliphatic rings. The maximum atomic E-state index is 13.0. The lowest BCUT2D eigenvalue weighted by atomic mass is 10.0. The Balaban J connectivity index is 0.000000196. The lowest BCUT2D eigenvalue weighted by molar-refractivity contribution is 0.0805. The van der Waals surface area contributed by atoms with Crippen LogP contribution in [0.5, 0.6) is 0 Å². The lowest BCUT2D eigenvalue weighted by Gasteiger charge is -2.15. The van der Waals surface area contributed by atoms with Crippen LogP contribution >= 0.6 is 15.9 Å². The van der Waals surface area contributed by atoms with E-state index < -0.39 is 16.1 Å². The molecule has 0 spiro atoms. The van der Waals surface area contributed by atoms with Crippen molar-refractivity contribution in [1.82, 2.24) is 44.9 Å². The molecule has 2 N–H and O–H groups in total. The molecule has 0 amide bonds. The molecule has 7 rings (SSSR count). The Morgan fingerprint density at radius 1 is 0.684 bits per heavy atom. The Kier molecular flexibility index (Phi) is 13.6. The van der Waals surface area contributed by atoms with Gasteiger partial charge in [0.15, 0.2) is 11.6 Å². The third-order valence-electron chi connectivity index (χ3n) is 9.25. The normalized spacial score (nSPS) is 11.9.